The third-order valence-electron chi connectivity index (χ3n) is 3.31. The van der Waals surface area contributed by atoms with E-state index in [1.807, 2.05) is 6.26 Å². The molecule has 1 saturated heterocycles. The number of rotatable bonds is 14. The molecule has 9 nitrogen and oxygen atoms in total. The Hall–Kier alpha value is -1.49. The zero-order chi connectivity index (χ0) is 18.5. The highest BCUT2D eigenvalue weighted by molar-refractivity contribution is 8.00. The van der Waals surface area contributed by atoms with Crippen molar-refractivity contribution in [3.05, 3.63) is 0 Å². The average molecular weight is 376 g/mol. The second kappa shape index (κ2) is 12.8. The molecule has 25 heavy (non-hydrogen) atoms. The second-order valence-corrected chi connectivity index (χ2v) is 6.11. The quantitative estimate of drug-likeness (QED) is 0.230. The van der Waals surface area contributed by atoms with Crippen LogP contribution < -0.4 is 5.32 Å². The molecule has 0 aromatic rings. The number of likely N-dealkylation sites (tertiary alicyclic amines) is 1. The standard InChI is InChI=1S/C15H24N2O7S/c1-25-12-10-14(20)17(15(12)21)3-6-23-9-8-22-5-2-16-13(19)11-24-7-4-18/h4,12H,2-3,5-11H2,1H3,(H,16,19). The molecule has 1 fully saturated rings. The van der Waals surface area contributed by atoms with Gasteiger partial charge in [0.15, 0.2) is 0 Å². The van der Waals surface area contributed by atoms with Gasteiger partial charge in [-0.1, -0.05) is 0 Å². The number of carbonyl (C=O) groups excluding carboxylic acids is 4. The van der Waals surface area contributed by atoms with Gasteiger partial charge in [-0.15, -0.1) is 0 Å². The highest BCUT2D eigenvalue weighted by Crippen LogP contribution is 2.22. The molecule has 0 aliphatic carbocycles. The number of amides is 3. The van der Waals surface area contributed by atoms with Gasteiger partial charge in [-0.05, 0) is 6.26 Å². The lowest BCUT2D eigenvalue weighted by Gasteiger charge is -2.14. The Kier molecular flexibility index (Phi) is 11.0. The van der Waals surface area contributed by atoms with Gasteiger partial charge >= 0.3 is 0 Å². The number of thioether (sulfide) groups is 1. The van der Waals surface area contributed by atoms with Gasteiger partial charge in [-0.25, -0.2) is 0 Å². The maximum Gasteiger partial charge on any atom is 0.246 e. The van der Waals surface area contributed by atoms with E-state index in [9.17, 15) is 19.2 Å². The van der Waals surface area contributed by atoms with Crippen LogP contribution in [0.1, 0.15) is 6.42 Å². The van der Waals surface area contributed by atoms with Crippen molar-refractivity contribution >= 4 is 35.8 Å². The molecule has 142 valence electrons. The Morgan fingerprint density at radius 3 is 2.60 bits per heavy atom. The van der Waals surface area contributed by atoms with Crippen molar-refractivity contribution in [3.63, 3.8) is 0 Å². The third-order valence-corrected chi connectivity index (χ3v) is 4.24. The van der Waals surface area contributed by atoms with Gasteiger partial charge in [0.2, 0.25) is 17.7 Å². The van der Waals surface area contributed by atoms with E-state index in [4.69, 9.17) is 14.2 Å². The topological polar surface area (TPSA) is 111 Å². The molecule has 0 saturated carbocycles. The van der Waals surface area contributed by atoms with Gasteiger partial charge in [0.1, 0.15) is 19.5 Å². The number of hydrogen-bond acceptors (Lipinski definition) is 8. The smallest absolute Gasteiger partial charge is 0.246 e. The molecule has 0 aromatic carbocycles. The first-order valence-electron chi connectivity index (χ1n) is 7.90. The minimum Gasteiger partial charge on any atom is -0.377 e. The first-order chi connectivity index (χ1) is 12.1. The van der Waals surface area contributed by atoms with Crippen LogP contribution in [0, 0.1) is 0 Å². The number of nitrogens with zero attached hydrogens (tertiary/aromatic N) is 1. The summed E-state index contributed by atoms with van der Waals surface area (Å²) < 4.78 is 15.4. The molecule has 10 heteroatoms. The summed E-state index contributed by atoms with van der Waals surface area (Å²) in [4.78, 5) is 46.0. The minimum absolute atomic E-state index is 0.103. The fourth-order valence-corrected chi connectivity index (χ4v) is 2.70. The summed E-state index contributed by atoms with van der Waals surface area (Å²) in [6.07, 6.45) is 2.65. The molecule has 1 N–H and O–H groups in total. The second-order valence-electron chi connectivity index (χ2n) is 5.07. The molecule has 1 atom stereocenters. The van der Waals surface area contributed by atoms with Crippen LogP contribution in [0.5, 0.6) is 0 Å². The van der Waals surface area contributed by atoms with Gasteiger partial charge < -0.3 is 24.3 Å². The van der Waals surface area contributed by atoms with Gasteiger partial charge in [0.25, 0.3) is 0 Å². The Morgan fingerprint density at radius 2 is 1.96 bits per heavy atom. The van der Waals surface area contributed by atoms with Crippen LogP contribution in [-0.4, -0.2) is 93.1 Å². The number of carbonyl (C=O) groups is 4. The van der Waals surface area contributed by atoms with Crippen LogP contribution >= 0.6 is 11.8 Å². The minimum atomic E-state index is -0.315. The molecule has 1 rings (SSSR count). The number of aldehydes is 1. The molecule has 1 aliphatic rings. The summed E-state index contributed by atoms with van der Waals surface area (Å²) in [5.41, 5.74) is 0. The van der Waals surface area contributed by atoms with Crippen molar-refractivity contribution in [2.24, 2.45) is 0 Å². The van der Waals surface area contributed by atoms with E-state index in [1.54, 1.807) is 0 Å². The average Bonchev–Trinajstić information content (AvgIpc) is 2.87. The first-order valence-corrected chi connectivity index (χ1v) is 9.19. The van der Waals surface area contributed by atoms with Crippen LogP contribution in [0.4, 0.5) is 0 Å². The van der Waals surface area contributed by atoms with Crippen molar-refractivity contribution < 1.29 is 33.4 Å². The highest BCUT2D eigenvalue weighted by atomic mass is 32.2. The van der Waals surface area contributed by atoms with Crippen molar-refractivity contribution in [1.82, 2.24) is 10.2 Å². The summed E-state index contributed by atoms with van der Waals surface area (Å²) in [6, 6.07) is 0. The van der Waals surface area contributed by atoms with Crippen molar-refractivity contribution in [1.29, 1.82) is 0 Å². The zero-order valence-electron chi connectivity index (χ0n) is 14.2. The van der Waals surface area contributed by atoms with Gasteiger partial charge in [-0.2, -0.15) is 11.8 Å². The van der Waals surface area contributed by atoms with E-state index in [0.29, 0.717) is 32.7 Å². The largest absolute Gasteiger partial charge is 0.377 e. The lowest BCUT2D eigenvalue weighted by molar-refractivity contribution is -0.139. The fourth-order valence-electron chi connectivity index (χ4n) is 2.06. The lowest BCUT2D eigenvalue weighted by atomic mass is 10.4. The van der Waals surface area contributed by atoms with Crippen molar-refractivity contribution in [2.45, 2.75) is 11.7 Å². The maximum atomic E-state index is 11.9. The van der Waals surface area contributed by atoms with E-state index in [0.717, 1.165) is 0 Å². The Morgan fingerprint density at radius 1 is 1.24 bits per heavy atom. The molecule has 1 heterocycles. The monoisotopic (exact) mass is 376 g/mol. The molecule has 0 bridgehead atoms. The van der Waals surface area contributed by atoms with Crippen LogP contribution in [0.15, 0.2) is 0 Å². The molecule has 0 aromatic heterocycles. The van der Waals surface area contributed by atoms with E-state index >= 15 is 0 Å². The summed E-state index contributed by atoms with van der Waals surface area (Å²) in [5, 5.41) is 2.30. The summed E-state index contributed by atoms with van der Waals surface area (Å²) in [7, 11) is 0. The summed E-state index contributed by atoms with van der Waals surface area (Å²) in [6.45, 7) is 1.59. The number of ether oxygens (including phenoxy) is 3. The molecular formula is C15H24N2O7S. The summed E-state index contributed by atoms with van der Waals surface area (Å²) in [5.74, 6) is -0.618. The first kappa shape index (κ1) is 21.6. The van der Waals surface area contributed by atoms with E-state index in [-0.39, 0.29) is 55.8 Å². The van der Waals surface area contributed by atoms with E-state index in [2.05, 4.69) is 5.32 Å². The van der Waals surface area contributed by atoms with E-state index < -0.39 is 0 Å². The van der Waals surface area contributed by atoms with Gasteiger partial charge in [0.05, 0.1) is 38.2 Å². The highest BCUT2D eigenvalue weighted by Gasteiger charge is 2.37. The van der Waals surface area contributed by atoms with Crippen LogP contribution in [0.25, 0.3) is 0 Å². The predicted molar refractivity (Wildman–Crippen MR) is 90.2 cm³/mol. The Bertz CT molecular complexity index is 461. The van der Waals surface area contributed by atoms with Gasteiger partial charge in [0, 0.05) is 13.0 Å². The number of hydrogen-bond donors (Lipinski definition) is 1. The van der Waals surface area contributed by atoms with Crippen LogP contribution in [-0.2, 0) is 33.4 Å². The number of nitrogens with one attached hydrogen (secondary N) is 1. The maximum absolute atomic E-state index is 11.9. The third kappa shape index (κ3) is 8.43. The van der Waals surface area contributed by atoms with E-state index in [1.165, 1.54) is 16.7 Å². The molecule has 1 unspecified atom stereocenters. The van der Waals surface area contributed by atoms with Crippen molar-refractivity contribution in [3.8, 4) is 0 Å². The predicted octanol–water partition coefficient (Wildman–Crippen LogP) is -1.16. The van der Waals surface area contributed by atoms with Crippen molar-refractivity contribution in [2.75, 3.05) is 59.0 Å². The Labute approximate surface area is 150 Å². The fraction of sp³-hybridized carbons (Fsp3) is 0.733. The number of imide groups is 1. The van der Waals surface area contributed by atoms with Crippen LogP contribution in [0.3, 0.4) is 0 Å². The van der Waals surface area contributed by atoms with Gasteiger partial charge in [-0.3, -0.25) is 19.3 Å². The lowest BCUT2D eigenvalue weighted by Crippen LogP contribution is -2.34. The molecule has 0 radical (unpaired) electrons. The normalized spacial score (nSPS) is 17.2. The SMILES string of the molecule is CSC1CC(=O)N(CCOCCOCCNC(=O)COCC=O)C1=O. The summed E-state index contributed by atoms with van der Waals surface area (Å²) >= 11 is 1.38. The molecule has 1 aliphatic heterocycles. The molecular weight excluding hydrogens is 352 g/mol. The van der Waals surface area contributed by atoms with Crippen LogP contribution in [0.2, 0.25) is 0 Å². The molecule has 0 spiro atoms. The zero-order valence-corrected chi connectivity index (χ0v) is 15.0. The molecule has 3 amide bonds. The Balaban J connectivity index is 1.94.